The van der Waals surface area contributed by atoms with E-state index >= 15 is 0 Å². The van der Waals surface area contributed by atoms with Crippen LogP contribution in [0.3, 0.4) is 0 Å². The molecule has 7 nitrogen and oxygen atoms in total. The normalized spacial score (nSPS) is 15.0. The quantitative estimate of drug-likeness (QED) is 0.427. The van der Waals surface area contributed by atoms with Crippen molar-refractivity contribution in [2.24, 2.45) is 5.92 Å². The summed E-state index contributed by atoms with van der Waals surface area (Å²) in [4.78, 5) is 2.12. The molecule has 0 aliphatic rings. The molecule has 170 valence electrons. The van der Waals surface area contributed by atoms with Crippen LogP contribution in [0, 0.1) is 5.92 Å². The molecule has 2 N–H and O–H groups in total. The van der Waals surface area contributed by atoms with Gasteiger partial charge in [0.05, 0.1) is 37.9 Å². The predicted molar refractivity (Wildman–Crippen MR) is 114 cm³/mol. The van der Waals surface area contributed by atoms with Crippen molar-refractivity contribution in [3.8, 4) is 0 Å². The second-order valence-electron chi connectivity index (χ2n) is 8.27. The summed E-state index contributed by atoms with van der Waals surface area (Å²) in [5, 5.41) is 20.9. The number of hydrogen-bond donors (Lipinski definition) is 2. The summed E-state index contributed by atoms with van der Waals surface area (Å²) in [6.07, 6.45) is 3.98. The van der Waals surface area contributed by atoms with Gasteiger partial charge in [0.25, 0.3) is 0 Å². The summed E-state index contributed by atoms with van der Waals surface area (Å²) < 4.78 is 21.6. The summed E-state index contributed by atoms with van der Waals surface area (Å²) >= 11 is 0. The van der Waals surface area contributed by atoms with Gasteiger partial charge in [-0.2, -0.15) is 0 Å². The third kappa shape index (κ3) is 9.91. The van der Waals surface area contributed by atoms with Crippen molar-refractivity contribution in [2.45, 2.75) is 65.1 Å². The first-order chi connectivity index (χ1) is 14.4. The number of furan rings is 2. The molecule has 0 unspecified atom stereocenters. The molecular formula is C23H37NO6. The fourth-order valence-corrected chi connectivity index (χ4v) is 3.22. The van der Waals surface area contributed by atoms with Crippen LogP contribution in [0.15, 0.2) is 45.6 Å². The highest BCUT2D eigenvalue weighted by atomic mass is 16.5. The van der Waals surface area contributed by atoms with Crippen molar-refractivity contribution < 1.29 is 28.5 Å². The predicted octanol–water partition coefficient (Wildman–Crippen LogP) is 3.45. The third-order valence-electron chi connectivity index (χ3n) is 4.94. The molecule has 3 atom stereocenters. The Morgan fingerprint density at radius 3 is 1.73 bits per heavy atom. The van der Waals surface area contributed by atoms with Crippen LogP contribution in [0.5, 0.6) is 0 Å². The van der Waals surface area contributed by atoms with Gasteiger partial charge in [0.1, 0.15) is 24.7 Å². The molecule has 30 heavy (non-hydrogen) atoms. The second-order valence-corrected chi connectivity index (χ2v) is 8.27. The molecule has 0 radical (unpaired) electrons. The number of aliphatic hydroxyl groups is 2. The molecule has 0 aliphatic carbocycles. The average molecular weight is 424 g/mol. The molecule has 0 amide bonds. The van der Waals surface area contributed by atoms with Crippen molar-refractivity contribution in [2.75, 3.05) is 26.3 Å². The Labute approximate surface area is 179 Å². The van der Waals surface area contributed by atoms with Gasteiger partial charge in [0.2, 0.25) is 0 Å². The summed E-state index contributed by atoms with van der Waals surface area (Å²) in [6.45, 7) is 8.46. The molecule has 0 fully saturated rings. The first kappa shape index (κ1) is 24.6. The first-order valence-electron chi connectivity index (χ1n) is 10.7. The molecule has 0 aliphatic heterocycles. The van der Waals surface area contributed by atoms with Gasteiger partial charge >= 0.3 is 0 Å². The van der Waals surface area contributed by atoms with Gasteiger partial charge < -0.3 is 28.5 Å². The van der Waals surface area contributed by atoms with E-state index < -0.39 is 12.2 Å². The molecule has 0 saturated heterocycles. The maximum atomic E-state index is 10.5. The van der Waals surface area contributed by atoms with E-state index in [-0.39, 0.29) is 19.3 Å². The summed E-state index contributed by atoms with van der Waals surface area (Å²) in [7, 11) is 0. The van der Waals surface area contributed by atoms with Crippen LogP contribution in [0.1, 0.15) is 45.1 Å². The summed E-state index contributed by atoms with van der Waals surface area (Å²) in [5.74, 6) is 2.07. The molecule has 2 heterocycles. The Morgan fingerprint density at radius 1 is 0.833 bits per heavy atom. The first-order valence-corrected chi connectivity index (χ1v) is 10.7. The van der Waals surface area contributed by atoms with Crippen LogP contribution >= 0.6 is 0 Å². The molecule has 0 spiro atoms. The van der Waals surface area contributed by atoms with Crippen LogP contribution in [0.4, 0.5) is 0 Å². The summed E-state index contributed by atoms with van der Waals surface area (Å²) in [6, 6.07) is 7.52. The van der Waals surface area contributed by atoms with Crippen molar-refractivity contribution in [1.29, 1.82) is 0 Å². The van der Waals surface area contributed by atoms with Gasteiger partial charge in [-0.25, -0.2) is 0 Å². The van der Waals surface area contributed by atoms with E-state index in [1.165, 1.54) is 0 Å². The lowest BCUT2D eigenvalue weighted by atomic mass is 10.0. The van der Waals surface area contributed by atoms with Crippen molar-refractivity contribution >= 4 is 0 Å². The zero-order valence-electron chi connectivity index (χ0n) is 18.4. The topological polar surface area (TPSA) is 88.4 Å². The van der Waals surface area contributed by atoms with Crippen LogP contribution in [0.25, 0.3) is 0 Å². The van der Waals surface area contributed by atoms with Gasteiger partial charge in [-0.05, 0) is 49.9 Å². The lowest BCUT2D eigenvalue weighted by molar-refractivity contribution is -0.0287. The van der Waals surface area contributed by atoms with Crippen LogP contribution in [-0.4, -0.2) is 59.7 Å². The maximum absolute atomic E-state index is 10.5. The second kappa shape index (κ2) is 13.6. The maximum Gasteiger partial charge on any atom is 0.129 e. The minimum atomic E-state index is -0.655. The number of aliphatic hydroxyl groups excluding tert-OH is 2. The highest BCUT2D eigenvalue weighted by Crippen LogP contribution is 2.14. The van der Waals surface area contributed by atoms with E-state index in [0.717, 1.165) is 24.4 Å². The van der Waals surface area contributed by atoms with Gasteiger partial charge in [0.15, 0.2) is 0 Å². The molecule has 2 rings (SSSR count). The number of hydrogen-bond acceptors (Lipinski definition) is 7. The highest BCUT2D eigenvalue weighted by molar-refractivity contribution is 4.96. The van der Waals surface area contributed by atoms with Crippen molar-refractivity contribution in [3.63, 3.8) is 0 Å². The lowest BCUT2D eigenvalue weighted by Gasteiger charge is -2.33. The lowest BCUT2D eigenvalue weighted by Crippen LogP contribution is -2.45. The third-order valence-corrected chi connectivity index (χ3v) is 4.94. The molecule has 0 aromatic carbocycles. The van der Waals surface area contributed by atoms with E-state index in [4.69, 9.17) is 18.3 Å². The van der Waals surface area contributed by atoms with Crippen LogP contribution in [0.2, 0.25) is 0 Å². The largest absolute Gasteiger partial charge is 0.467 e. The van der Waals surface area contributed by atoms with Gasteiger partial charge in [-0.15, -0.1) is 0 Å². The van der Waals surface area contributed by atoms with Crippen LogP contribution in [-0.2, 0) is 22.7 Å². The van der Waals surface area contributed by atoms with Crippen LogP contribution < -0.4 is 0 Å². The minimum Gasteiger partial charge on any atom is -0.467 e. The molecule has 7 heteroatoms. The number of ether oxygens (including phenoxy) is 2. The molecule has 0 saturated carbocycles. The zero-order valence-corrected chi connectivity index (χ0v) is 18.4. The summed E-state index contributed by atoms with van der Waals surface area (Å²) in [5.41, 5.74) is 0. The van der Waals surface area contributed by atoms with Gasteiger partial charge in [-0.3, -0.25) is 4.90 Å². The Hall–Kier alpha value is -1.64. The Balaban J connectivity index is 1.78. The molecule has 0 bridgehead atoms. The van der Waals surface area contributed by atoms with E-state index in [9.17, 15) is 10.2 Å². The van der Waals surface area contributed by atoms with Crippen molar-refractivity contribution in [3.05, 3.63) is 48.3 Å². The van der Waals surface area contributed by atoms with E-state index in [1.807, 2.05) is 24.3 Å². The fourth-order valence-electron chi connectivity index (χ4n) is 3.22. The monoisotopic (exact) mass is 423 g/mol. The molecule has 2 aromatic heterocycles. The fraction of sp³-hybridized carbons (Fsp3) is 0.652. The van der Waals surface area contributed by atoms with Crippen molar-refractivity contribution in [1.82, 2.24) is 4.90 Å². The van der Waals surface area contributed by atoms with Gasteiger partial charge in [-0.1, -0.05) is 13.8 Å². The highest BCUT2D eigenvalue weighted by Gasteiger charge is 2.21. The van der Waals surface area contributed by atoms with E-state index in [1.54, 1.807) is 12.5 Å². The van der Waals surface area contributed by atoms with E-state index in [2.05, 4.69) is 25.7 Å². The standard InChI is InChI=1S/C23H37NO6/c1-18(2)8-9-19(3)24(12-20(25)14-27-16-22-6-4-10-29-22)13-21(26)15-28-17-23-7-5-11-30-23/h4-7,10-11,18-21,25-26H,8-9,12-17H2,1-3H3/t19-,20-,21+/m0/s1. The molecule has 2 aromatic rings. The average Bonchev–Trinajstić information content (AvgIpc) is 3.39. The van der Waals surface area contributed by atoms with Gasteiger partial charge in [0, 0.05) is 19.1 Å². The SMILES string of the molecule is CC(C)CC[C@H](C)N(C[C@H](O)COCc1ccco1)C[C@@H](O)COCc1ccco1. The number of rotatable bonds is 16. The Bertz CT molecular complexity index is 594. The smallest absolute Gasteiger partial charge is 0.129 e. The Kier molecular flexibility index (Phi) is 11.2. The number of nitrogens with zero attached hydrogens (tertiary/aromatic N) is 1. The van der Waals surface area contributed by atoms with E-state index in [0.29, 0.717) is 32.2 Å². The zero-order chi connectivity index (χ0) is 21.8. The Morgan fingerprint density at radius 2 is 1.33 bits per heavy atom. The molecular weight excluding hydrogens is 386 g/mol. The minimum absolute atomic E-state index is 0.208.